The lowest BCUT2D eigenvalue weighted by Crippen LogP contribution is -2.22. The van der Waals surface area contributed by atoms with Crippen molar-refractivity contribution in [3.8, 4) is 0 Å². The lowest BCUT2D eigenvalue weighted by Gasteiger charge is -2.16. The molecule has 2 aromatic rings. The van der Waals surface area contributed by atoms with E-state index in [0.29, 0.717) is 17.1 Å². The zero-order valence-corrected chi connectivity index (χ0v) is 15.2. The van der Waals surface area contributed by atoms with Gasteiger partial charge in [-0.25, -0.2) is 4.79 Å². The van der Waals surface area contributed by atoms with E-state index < -0.39 is 11.9 Å². The third-order valence-electron chi connectivity index (χ3n) is 4.06. The first-order chi connectivity index (χ1) is 12.4. The number of thioether (sulfide) groups is 1. The second-order valence-electron chi connectivity index (χ2n) is 5.92. The highest BCUT2D eigenvalue weighted by molar-refractivity contribution is 8.00. The number of carbonyl (C=O) groups excluding carboxylic acids is 3. The van der Waals surface area contributed by atoms with Gasteiger partial charge in [-0.15, -0.1) is 11.8 Å². The minimum atomic E-state index is -0.617. The van der Waals surface area contributed by atoms with Crippen LogP contribution in [0.15, 0.2) is 41.3 Å². The van der Waals surface area contributed by atoms with Crippen molar-refractivity contribution in [1.29, 1.82) is 0 Å². The topological polar surface area (TPSA) is 84.5 Å². The number of hydrogen-bond donors (Lipinski definition) is 2. The van der Waals surface area contributed by atoms with Crippen molar-refractivity contribution in [2.45, 2.75) is 18.7 Å². The molecule has 0 atom stereocenters. The van der Waals surface area contributed by atoms with E-state index in [-0.39, 0.29) is 18.1 Å². The summed E-state index contributed by atoms with van der Waals surface area (Å²) in [5.74, 6) is -0.779. The van der Waals surface area contributed by atoms with Gasteiger partial charge in [0.2, 0.25) is 5.91 Å². The molecular weight excluding hydrogens is 352 g/mol. The molecular formula is C19H18N2O4S. The maximum atomic E-state index is 12.2. The van der Waals surface area contributed by atoms with Gasteiger partial charge in [0.05, 0.1) is 17.0 Å². The fourth-order valence-corrected chi connectivity index (χ4v) is 3.29. The summed E-state index contributed by atoms with van der Waals surface area (Å²) < 4.78 is 5.08. The van der Waals surface area contributed by atoms with Crippen LogP contribution in [0.1, 0.15) is 21.5 Å². The summed E-state index contributed by atoms with van der Waals surface area (Å²) in [6, 6.07) is 10.5. The van der Waals surface area contributed by atoms with Crippen LogP contribution < -0.4 is 10.6 Å². The molecule has 2 N–H and O–H groups in total. The molecule has 0 bridgehead atoms. The molecule has 0 unspecified atom stereocenters. The molecule has 3 rings (SSSR count). The van der Waals surface area contributed by atoms with Gasteiger partial charge >= 0.3 is 5.97 Å². The number of esters is 1. The van der Waals surface area contributed by atoms with Crippen LogP contribution in [0.2, 0.25) is 0 Å². The number of amides is 2. The summed E-state index contributed by atoms with van der Waals surface area (Å²) in [5.41, 5.74) is 3.59. The molecule has 2 aromatic carbocycles. The highest BCUT2D eigenvalue weighted by atomic mass is 32.2. The lowest BCUT2D eigenvalue weighted by molar-refractivity contribution is -0.119. The molecule has 2 amide bonds. The first kappa shape index (κ1) is 18.0. The van der Waals surface area contributed by atoms with Gasteiger partial charge in [0.1, 0.15) is 0 Å². The fraction of sp³-hybridized carbons (Fsp3) is 0.211. The fourth-order valence-electron chi connectivity index (χ4n) is 2.50. The summed E-state index contributed by atoms with van der Waals surface area (Å²) in [4.78, 5) is 36.5. The molecule has 1 aliphatic rings. The maximum absolute atomic E-state index is 12.2. The Morgan fingerprint density at radius 2 is 2.04 bits per heavy atom. The average Bonchev–Trinajstić information content (AvgIpc) is 2.63. The smallest absolute Gasteiger partial charge is 0.338 e. The van der Waals surface area contributed by atoms with Crippen molar-refractivity contribution < 1.29 is 19.1 Å². The molecule has 1 heterocycles. The van der Waals surface area contributed by atoms with Gasteiger partial charge in [-0.1, -0.05) is 12.1 Å². The van der Waals surface area contributed by atoms with Gasteiger partial charge in [0.25, 0.3) is 5.91 Å². The Kier molecular flexibility index (Phi) is 5.27. The molecule has 0 radical (unpaired) electrons. The SMILES string of the molecule is Cc1cccc(NC(=O)COC(=O)c2ccc3c(c2)NC(=O)CS3)c1C. The van der Waals surface area contributed by atoms with Crippen LogP contribution in [0.25, 0.3) is 0 Å². The Hall–Kier alpha value is -2.80. The minimum absolute atomic E-state index is 0.110. The highest BCUT2D eigenvalue weighted by Gasteiger charge is 2.18. The molecule has 6 nitrogen and oxygen atoms in total. The standard InChI is InChI=1S/C19H18N2O4S/c1-11-4-3-5-14(12(11)2)20-17(22)9-25-19(24)13-6-7-16-15(8-13)21-18(23)10-26-16/h3-8H,9-10H2,1-2H3,(H,20,22)(H,21,23). The largest absolute Gasteiger partial charge is 0.452 e. The molecule has 0 saturated heterocycles. The van der Waals surface area contributed by atoms with Gasteiger partial charge in [0, 0.05) is 10.6 Å². The van der Waals surface area contributed by atoms with E-state index in [1.165, 1.54) is 11.8 Å². The Labute approximate surface area is 155 Å². The summed E-state index contributed by atoms with van der Waals surface area (Å²) in [6.45, 7) is 3.49. The van der Waals surface area contributed by atoms with Gasteiger partial charge in [-0.05, 0) is 49.2 Å². The van der Waals surface area contributed by atoms with E-state index in [4.69, 9.17) is 4.74 Å². The Balaban J connectivity index is 1.60. The van der Waals surface area contributed by atoms with Gasteiger partial charge in [0.15, 0.2) is 6.61 Å². The predicted octanol–water partition coefficient (Wildman–Crippen LogP) is 3.14. The zero-order chi connectivity index (χ0) is 18.7. The van der Waals surface area contributed by atoms with E-state index in [2.05, 4.69) is 10.6 Å². The van der Waals surface area contributed by atoms with E-state index in [9.17, 15) is 14.4 Å². The highest BCUT2D eigenvalue weighted by Crippen LogP contribution is 2.32. The summed E-state index contributed by atoms with van der Waals surface area (Å²) >= 11 is 1.41. The lowest BCUT2D eigenvalue weighted by atomic mass is 10.1. The number of hydrogen-bond acceptors (Lipinski definition) is 5. The van der Waals surface area contributed by atoms with Crippen molar-refractivity contribution >= 4 is 40.9 Å². The minimum Gasteiger partial charge on any atom is -0.452 e. The predicted molar refractivity (Wildman–Crippen MR) is 101 cm³/mol. The first-order valence-corrected chi connectivity index (χ1v) is 9.02. The number of carbonyl (C=O) groups is 3. The Morgan fingerprint density at radius 1 is 1.23 bits per heavy atom. The van der Waals surface area contributed by atoms with Crippen LogP contribution in [0.3, 0.4) is 0 Å². The number of ether oxygens (including phenoxy) is 1. The van der Waals surface area contributed by atoms with Gasteiger partial charge in [-0.3, -0.25) is 9.59 Å². The molecule has 0 saturated carbocycles. The van der Waals surface area contributed by atoms with E-state index in [1.807, 2.05) is 26.0 Å². The monoisotopic (exact) mass is 370 g/mol. The van der Waals surface area contributed by atoms with Crippen molar-refractivity contribution in [2.75, 3.05) is 23.0 Å². The maximum Gasteiger partial charge on any atom is 0.338 e. The van der Waals surface area contributed by atoms with Crippen LogP contribution >= 0.6 is 11.8 Å². The molecule has 134 valence electrons. The van der Waals surface area contributed by atoms with Crippen molar-refractivity contribution in [3.05, 3.63) is 53.1 Å². The van der Waals surface area contributed by atoms with Crippen LogP contribution in [0.5, 0.6) is 0 Å². The van der Waals surface area contributed by atoms with E-state index >= 15 is 0 Å². The van der Waals surface area contributed by atoms with Crippen molar-refractivity contribution in [2.24, 2.45) is 0 Å². The summed E-state index contributed by atoms with van der Waals surface area (Å²) in [6.07, 6.45) is 0. The third-order valence-corrected chi connectivity index (χ3v) is 5.13. The Bertz CT molecular complexity index is 895. The number of benzene rings is 2. The molecule has 0 spiro atoms. The molecule has 0 aliphatic carbocycles. The normalized spacial score (nSPS) is 12.8. The molecule has 1 aliphatic heterocycles. The average molecular weight is 370 g/mol. The van der Waals surface area contributed by atoms with Gasteiger partial charge in [-0.2, -0.15) is 0 Å². The molecule has 7 heteroatoms. The van der Waals surface area contributed by atoms with Crippen LogP contribution in [0, 0.1) is 13.8 Å². The summed E-state index contributed by atoms with van der Waals surface area (Å²) in [5, 5.41) is 5.45. The second kappa shape index (κ2) is 7.61. The van der Waals surface area contributed by atoms with Crippen molar-refractivity contribution in [1.82, 2.24) is 0 Å². The summed E-state index contributed by atoms with van der Waals surface area (Å²) in [7, 11) is 0. The number of nitrogens with one attached hydrogen (secondary N) is 2. The number of rotatable bonds is 4. The van der Waals surface area contributed by atoms with E-state index in [1.54, 1.807) is 24.3 Å². The quantitative estimate of drug-likeness (QED) is 0.808. The molecule has 0 aromatic heterocycles. The zero-order valence-electron chi connectivity index (χ0n) is 14.4. The van der Waals surface area contributed by atoms with E-state index in [0.717, 1.165) is 16.0 Å². The third kappa shape index (κ3) is 4.05. The van der Waals surface area contributed by atoms with Crippen LogP contribution in [-0.2, 0) is 14.3 Å². The Morgan fingerprint density at radius 3 is 2.85 bits per heavy atom. The number of aryl methyl sites for hydroxylation is 1. The van der Waals surface area contributed by atoms with Crippen LogP contribution in [0.4, 0.5) is 11.4 Å². The molecule has 0 fully saturated rings. The van der Waals surface area contributed by atoms with Crippen LogP contribution in [-0.4, -0.2) is 30.1 Å². The molecule has 26 heavy (non-hydrogen) atoms. The van der Waals surface area contributed by atoms with Crippen molar-refractivity contribution in [3.63, 3.8) is 0 Å². The second-order valence-corrected chi connectivity index (χ2v) is 6.94. The van der Waals surface area contributed by atoms with Gasteiger partial charge < -0.3 is 15.4 Å². The number of fused-ring (bicyclic) bond motifs is 1. The first-order valence-electron chi connectivity index (χ1n) is 8.04. The number of anilines is 2.